The van der Waals surface area contributed by atoms with Crippen LogP contribution in [0.4, 0.5) is 0 Å². The van der Waals surface area contributed by atoms with Gasteiger partial charge in [0, 0.05) is 24.7 Å². The second-order valence-electron chi connectivity index (χ2n) is 7.21. The fourth-order valence-electron chi connectivity index (χ4n) is 3.40. The van der Waals surface area contributed by atoms with E-state index < -0.39 is 11.8 Å². The molecule has 158 valence electrons. The second kappa shape index (κ2) is 8.89. The maximum atomic E-state index is 12.8. The molecule has 2 N–H and O–H groups in total. The highest BCUT2D eigenvalue weighted by molar-refractivity contribution is 6.06. The molecular weight excluding hydrogens is 384 g/mol. The zero-order valence-corrected chi connectivity index (χ0v) is 17.7. The first-order valence-corrected chi connectivity index (χ1v) is 9.95. The quantitative estimate of drug-likeness (QED) is 0.477. The Hall–Kier alpha value is -3.49. The van der Waals surface area contributed by atoms with Crippen LogP contribution < -0.4 is 16.4 Å². The predicted molar refractivity (Wildman–Crippen MR) is 113 cm³/mol. The van der Waals surface area contributed by atoms with E-state index in [0.717, 1.165) is 19.3 Å². The number of benzene rings is 1. The largest absolute Gasteiger partial charge is 0.290 e. The number of hydrazine groups is 1. The molecule has 2 aromatic heterocycles. The molecular formula is C21H26N6O3. The van der Waals surface area contributed by atoms with E-state index in [2.05, 4.69) is 28.0 Å². The highest BCUT2D eigenvalue weighted by Gasteiger charge is 2.20. The van der Waals surface area contributed by atoms with Crippen LogP contribution in [0.5, 0.6) is 0 Å². The van der Waals surface area contributed by atoms with Gasteiger partial charge in [-0.15, -0.1) is 0 Å². The zero-order valence-electron chi connectivity index (χ0n) is 17.7. The molecule has 0 radical (unpaired) electrons. The number of carbonyl (C=O) groups is 2. The summed E-state index contributed by atoms with van der Waals surface area (Å²) in [7, 11) is 1.75. The van der Waals surface area contributed by atoms with E-state index in [-0.39, 0.29) is 11.3 Å². The average Bonchev–Trinajstić information content (AvgIpc) is 2.99. The number of carbonyl (C=O) groups excluding carboxylic acids is 2. The van der Waals surface area contributed by atoms with Crippen molar-refractivity contribution in [3.63, 3.8) is 0 Å². The van der Waals surface area contributed by atoms with Gasteiger partial charge in [0.25, 0.3) is 17.4 Å². The van der Waals surface area contributed by atoms with Crippen molar-refractivity contribution in [1.82, 2.24) is 30.4 Å². The molecule has 0 bridgehead atoms. The molecule has 0 saturated carbocycles. The van der Waals surface area contributed by atoms with Gasteiger partial charge in [0.15, 0.2) is 5.69 Å². The minimum Gasteiger partial charge on any atom is -0.272 e. The van der Waals surface area contributed by atoms with Gasteiger partial charge in [-0.2, -0.15) is 10.2 Å². The molecule has 0 fully saturated rings. The second-order valence-corrected chi connectivity index (χ2v) is 7.21. The minimum absolute atomic E-state index is 0.0848. The molecule has 0 aliphatic heterocycles. The van der Waals surface area contributed by atoms with Gasteiger partial charge in [-0.25, -0.2) is 4.68 Å². The Labute approximate surface area is 174 Å². The van der Waals surface area contributed by atoms with Crippen molar-refractivity contribution in [2.75, 3.05) is 0 Å². The first-order valence-electron chi connectivity index (χ1n) is 9.95. The molecule has 2 heterocycles. The Balaban J connectivity index is 1.87. The van der Waals surface area contributed by atoms with Gasteiger partial charge in [-0.1, -0.05) is 38.0 Å². The lowest BCUT2D eigenvalue weighted by molar-refractivity contribution is 0.0842. The lowest BCUT2D eigenvalue weighted by Gasteiger charge is -2.12. The molecule has 9 nitrogen and oxygen atoms in total. The third-order valence-electron chi connectivity index (χ3n) is 5.08. The number of fused-ring (bicyclic) bond motifs is 1. The lowest BCUT2D eigenvalue weighted by atomic mass is 10.1. The number of rotatable bonds is 6. The van der Waals surface area contributed by atoms with Crippen LogP contribution in [-0.2, 0) is 13.6 Å². The summed E-state index contributed by atoms with van der Waals surface area (Å²) in [6, 6.07) is 6.83. The predicted octanol–water partition coefficient (Wildman–Crippen LogP) is 2.01. The van der Waals surface area contributed by atoms with Gasteiger partial charge in [-0.3, -0.25) is 29.9 Å². The topological polar surface area (TPSA) is 111 Å². The molecule has 0 aliphatic rings. The Morgan fingerprint density at radius 2 is 1.67 bits per heavy atom. The van der Waals surface area contributed by atoms with Gasteiger partial charge in [-0.05, 0) is 26.3 Å². The third kappa shape index (κ3) is 4.10. The number of aryl methyl sites for hydroxylation is 3. The first kappa shape index (κ1) is 21.2. The molecule has 0 unspecified atom stereocenters. The Morgan fingerprint density at radius 3 is 2.30 bits per heavy atom. The summed E-state index contributed by atoms with van der Waals surface area (Å²) in [5, 5.41) is 9.35. The highest BCUT2D eigenvalue weighted by atomic mass is 16.2. The van der Waals surface area contributed by atoms with Gasteiger partial charge in [0.2, 0.25) is 0 Å². The smallest absolute Gasteiger partial charge is 0.272 e. The van der Waals surface area contributed by atoms with Gasteiger partial charge >= 0.3 is 0 Å². The summed E-state index contributed by atoms with van der Waals surface area (Å²) in [5.74, 6) is -1.06. The molecule has 0 spiro atoms. The van der Waals surface area contributed by atoms with E-state index in [4.69, 9.17) is 0 Å². The van der Waals surface area contributed by atoms with E-state index in [9.17, 15) is 14.4 Å². The maximum absolute atomic E-state index is 12.8. The van der Waals surface area contributed by atoms with E-state index >= 15 is 0 Å². The number of hydrogen-bond acceptors (Lipinski definition) is 5. The SMILES string of the molecule is CCCCCn1nc(C(=O)NNC(=O)c2c(C)nn(C)c2C)c2ccccc2c1=O. The monoisotopic (exact) mass is 410 g/mol. The minimum atomic E-state index is -0.594. The molecule has 3 rings (SSSR count). The van der Waals surface area contributed by atoms with Crippen LogP contribution in [0.25, 0.3) is 10.8 Å². The van der Waals surface area contributed by atoms with Gasteiger partial charge in [0.05, 0.1) is 16.6 Å². The standard InChI is InChI=1S/C21H26N6O3/c1-5-6-9-12-27-21(30)16-11-8-7-10-15(16)18(25-27)20(29)23-22-19(28)17-13(2)24-26(4)14(17)3/h7-8,10-11H,5-6,9,12H2,1-4H3,(H,22,28)(H,23,29). The van der Waals surface area contributed by atoms with Crippen molar-refractivity contribution >= 4 is 22.6 Å². The van der Waals surface area contributed by atoms with Crippen molar-refractivity contribution in [1.29, 1.82) is 0 Å². The molecule has 3 aromatic rings. The highest BCUT2D eigenvalue weighted by Crippen LogP contribution is 2.14. The van der Waals surface area contributed by atoms with E-state index in [1.807, 2.05) is 0 Å². The van der Waals surface area contributed by atoms with Crippen LogP contribution in [0.2, 0.25) is 0 Å². The van der Waals surface area contributed by atoms with Crippen LogP contribution in [0.1, 0.15) is 58.4 Å². The number of aromatic nitrogens is 4. The maximum Gasteiger partial charge on any atom is 0.290 e. The molecule has 30 heavy (non-hydrogen) atoms. The first-order chi connectivity index (χ1) is 14.3. The normalized spacial score (nSPS) is 10.9. The molecule has 0 atom stereocenters. The van der Waals surface area contributed by atoms with Gasteiger partial charge in [0.1, 0.15) is 0 Å². The number of hydrogen-bond donors (Lipinski definition) is 2. The van der Waals surface area contributed by atoms with Crippen LogP contribution >= 0.6 is 0 Å². The molecule has 1 aromatic carbocycles. The number of nitrogens with one attached hydrogen (secondary N) is 2. The number of unbranched alkanes of at least 4 members (excludes halogenated alkanes) is 2. The van der Waals surface area contributed by atoms with E-state index in [1.165, 1.54) is 4.68 Å². The van der Waals surface area contributed by atoms with Crippen molar-refractivity contribution < 1.29 is 9.59 Å². The summed E-state index contributed by atoms with van der Waals surface area (Å²) in [5.41, 5.74) is 6.34. The molecule has 0 aliphatic carbocycles. The number of nitrogens with zero attached hydrogens (tertiary/aromatic N) is 4. The van der Waals surface area contributed by atoms with Crippen molar-refractivity contribution in [3.05, 3.63) is 57.3 Å². The Kier molecular flexibility index (Phi) is 6.29. The van der Waals surface area contributed by atoms with Gasteiger partial charge < -0.3 is 0 Å². The fourth-order valence-corrected chi connectivity index (χ4v) is 3.40. The molecule has 9 heteroatoms. The van der Waals surface area contributed by atoms with Crippen LogP contribution in [-0.4, -0.2) is 31.4 Å². The Morgan fingerprint density at radius 1 is 1.00 bits per heavy atom. The van der Waals surface area contributed by atoms with Crippen molar-refractivity contribution in [3.8, 4) is 0 Å². The average molecular weight is 410 g/mol. The fraction of sp³-hybridized carbons (Fsp3) is 0.381. The summed E-state index contributed by atoms with van der Waals surface area (Å²) >= 11 is 0. The van der Waals surface area contributed by atoms with Crippen LogP contribution in [0.3, 0.4) is 0 Å². The Bertz CT molecular complexity index is 1160. The summed E-state index contributed by atoms with van der Waals surface area (Å²) < 4.78 is 2.93. The van der Waals surface area contributed by atoms with Crippen LogP contribution in [0.15, 0.2) is 29.1 Å². The van der Waals surface area contributed by atoms with Crippen molar-refractivity contribution in [2.45, 2.75) is 46.6 Å². The van der Waals surface area contributed by atoms with E-state index in [1.54, 1.807) is 49.8 Å². The van der Waals surface area contributed by atoms with Crippen LogP contribution in [0, 0.1) is 13.8 Å². The summed E-state index contributed by atoms with van der Waals surface area (Å²) in [6.45, 7) is 6.00. The zero-order chi connectivity index (χ0) is 21.8. The molecule has 2 amide bonds. The summed E-state index contributed by atoms with van der Waals surface area (Å²) in [4.78, 5) is 38.1. The third-order valence-corrected chi connectivity index (χ3v) is 5.08. The number of amides is 2. The lowest BCUT2D eigenvalue weighted by Crippen LogP contribution is -2.43. The summed E-state index contributed by atoms with van der Waals surface area (Å²) in [6.07, 6.45) is 2.76. The molecule has 0 saturated heterocycles. The van der Waals surface area contributed by atoms with E-state index in [0.29, 0.717) is 34.3 Å². The van der Waals surface area contributed by atoms with Crippen molar-refractivity contribution in [2.24, 2.45) is 7.05 Å².